The topological polar surface area (TPSA) is 40.7 Å². The van der Waals surface area contributed by atoms with Crippen molar-refractivity contribution in [1.82, 2.24) is 15.3 Å². The average Bonchev–Trinajstić information content (AvgIpc) is 2.77. The molecule has 3 heteroatoms. The van der Waals surface area contributed by atoms with Gasteiger partial charge in [-0.25, -0.2) is 4.98 Å². The molecule has 18 heavy (non-hydrogen) atoms. The monoisotopic (exact) mass is 243 g/mol. The van der Waals surface area contributed by atoms with E-state index in [1.807, 2.05) is 6.92 Å². The second-order valence-corrected chi connectivity index (χ2v) is 5.36. The Balaban J connectivity index is 1.66. The summed E-state index contributed by atoms with van der Waals surface area (Å²) in [6.45, 7) is 3.20. The number of nitrogens with one attached hydrogen (secondary N) is 2. The molecule has 96 valence electrons. The molecule has 0 aliphatic carbocycles. The maximum Gasteiger partial charge on any atom is 0.104 e. The Morgan fingerprint density at radius 1 is 1.33 bits per heavy atom. The van der Waals surface area contributed by atoms with E-state index in [-0.39, 0.29) is 0 Å². The van der Waals surface area contributed by atoms with Crippen molar-refractivity contribution in [2.24, 2.45) is 0 Å². The summed E-state index contributed by atoms with van der Waals surface area (Å²) in [6.07, 6.45) is 6.47. The minimum Gasteiger partial charge on any atom is -0.342 e. The van der Waals surface area contributed by atoms with E-state index in [9.17, 15) is 0 Å². The third-order valence-electron chi connectivity index (χ3n) is 3.86. The zero-order chi connectivity index (χ0) is 12.4. The van der Waals surface area contributed by atoms with Gasteiger partial charge in [0.25, 0.3) is 0 Å². The second kappa shape index (κ2) is 5.11. The van der Waals surface area contributed by atoms with E-state index in [1.165, 1.54) is 43.3 Å². The van der Waals surface area contributed by atoms with Crippen LogP contribution in [-0.4, -0.2) is 22.6 Å². The van der Waals surface area contributed by atoms with E-state index >= 15 is 0 Å². The molecule has 1 aromatic carbocycles. The lowest BCUT2D eigenvalue weighted by Gasteiger charge is -2.23. The minimum atomic E-state index is 0.720. The molecule has 3 rings (SSSR count). The highest BCUT2D eigenvalue weighted by Gasteiger charge is 2.12. The molecular formula is C15H21N3. The van der Waals surface area contributed by atoms with Crippen molar-refractivity contribution >= 4 is 11.0 Å². The Hall–Kier alpha value is -1.35. The summed E-state index contributed by atoms with van der Waals surface area (Å²) in [6, 6.07) is 7.31. The van der Waals surface area contributed by atoms with Crippen molar-refractivity contribution < 1.29 is 0 Å². The number of H-pyrrole nitrogens is 1. The summed E-state index contributed by atoms with van der Waals surface area (Å²) in [5.74, 6) is 0.996. The number of hydrogen-bond acceptors (Lipinski definition) is 2. The highest BCUT2D eigenvalue weighted by Crippen LogP contribution is 2.17. The molecule has 2 heterocycles. The number of nitrogens with zero attached hydrogens (tertiary/aromatic N) is 1. The summed E-state index contributed by atoms with van der Waals surface area (Å²) in [4.78, 5) is 7.75. The minimum absolute atomic E-state index is 0.720. The summed E-state index contributed by atoms with van der Waals surface area (Å²) in [7, 11) is 0. The van der Waals surface area contributed by atoms with Crippen molar-refractivity contribution in [2.45, 2.75) is 45.1 Å². The van der Waals surface area contributed by atoms with Gasteiger partial charge in [0.1, 0.15) is 5.82 Å². The molecular weight excluding hydrogens is 222 g/mol. The van der Waals surface area contributed by atoms with Crippen LogP contribution < -0.4 is 5.32 Å². The van der Waals surface area contributed by atoms with Crippen molar-refractivity contribution in [3.8, 4) is 0 Å². The molecule has 2 N–H and O–H groups in total. The van der Waals surface area contributed by atoms with Gasteiger partial charge in [-0.05, 0) is 56.8 Å². The first-order valence-corrected chi connectivity index (χ1v) is 7.00. The van der Waals surface area contributed by atoms with E-state index in [0.29, 0.717) is 0 Å². The standard InChI is InChI=1S/C15H21N3/c1-11-17-14-8-6-12(10-15(14)18-11)5-7-13-4-2-3-9-16-13/h6,8,10,13,16H,2-5,7,9H2,1H3,(H,17,18). The summed E-state index contributed by atoms with van der Waals surface area (Å²) >= 11 is 0. The Morgan fingerprint density at radius 3 is 3.11 bits per heavy atom. The van der Waals surface area contributed by atoms with E-state index in [2.05, 4.69) is 33.5 Å². The highest BCUT2D eigenvalue weighted by atomic mass is 14.9. The van der Waals surface area contributed by atoms with Gasteiger partial charge in [-0.1, -0.05) is 12.5 Å². The summed E-state index contributed by atoms with van der Waals surface area (Å²) < 4.78 is 0. The van der Waals surface area contributed by atoms with Crippen LogP contribution >= 0.6 is 0 Å². The van der Waals surface area contributed by atoms with Crippen LogP contribution in [0.4, 0.5) is 0 Å². The molecule has 0 bridgehead atoms. The Bertz CT molecular complexity index is 524. The average molecular weight is 243 g/mol. The molecule has 0 radical (unpaired) electrons. The SMILES string of the molecule is Cc1nc2ccc(CCC3CCCCN3)cc2[nH]1. The number of benzene rings is 1. The molecule has 1 atom stereocenters. The molecule has 1 aliphatic heterocycles. The van der Waals surface area contributed by atoms with E-state index in [1.54, 1.807) is 0 Å². The molecule has 0 saturated carbocycles. The molecule has 0 amide bonds. The lowest BCUT2D eigenvalue weighted by Crippen LogP contribution is -2.34. The van der Waals surface area contributed by atoms with Crippen LogP contribution in [0.3, 0.4) is 0 Å². The van der Waals surface area contributed by atoms with Gasteiger partial charge < -0.3 is 10.3 Å². The summed E-state index contributed by atoms with van der Waals surface area (Å²) in [5.41, 5.74) is 3.66. The van der Waals surface area contributed by atoms with Gasteiger partial charge in [0.2, 0.25) is 0 Å². The number of rotatable bonds is 3. The van der Waals surface area contributed by atoms with Crippen LogP contribution in [0.15, 0.2) is 18.2 Å². The predicted octanol–water partition coefficient (Wildman–Crippen LogP) is 2.95. The molecule has 1 aromatic heterocycles. The van der Waals surface area contributed by atoms with Gasteiger partial charge in [0.05, 0.1) is 11.0 Å². The number of piperidine rings is 1. The second-order valence-electron chi connectivity index (χ2n) is 5.36. The van der Waals surface area contributed by atoms with Crippen molar-refractivity contribution in [2.75, 3.05) is 6.54 Å². The Kier molecular flexibility index (Phi) is 3.33. The van der Waals surface area contributed by atoms with Crippen molar-refractivity contribution in [1.29, 1.82) is 0 Å². The van der Waals surface area contributed by atoms with Crippen LogP contribution in [0.25, 0.3) is 11.0 Å². The van der Waals surface area contributed by atoms with Crippen LogP contribution in [0.5, 0.6) is 0 Å². The van der Waals surface area contributed by atoms with E-state index in [0.717, 1.165) is 23.8 Å². The largest absolute Gasteiger partial charge is 0.342 e. The quantitative estimate of drug-likeness (QED) is 0.870. The molecule has 0 spiro atoms. The summed E-state index contributed by atoms with van der Waals surface area (Å²) in [5, 5.41) is 3.61. The molecule has 1 unspecified atom stereocenters. The zero-order valence-electron chi connectivity index (χ0n) is 11.0. The molecule has 2 aromatic rings. The van der Waals surface area contributed by atoms with E-state index < -0.39 is 0 Å². The smallest absolute Gasteiger partial charge is 0.104 e. The molecule has 3 nitrogen and oxygen atoms in total. The van der Waals surface area contributed by atoms with Crippen molar-refractivity contribution in [3.05, 3.63) is 29.6 Å². The molecule has 1 aliphatic rings. The number of imidazole rings is 1. The van der Waals surface area contributed by atoms with Gasteiger partial charge in [0.15, 0.2) is 0 Å². The van der Waals surface area contributed by atoms with Crippen LogP contribution in [0.1, 0.15) is 37.1 Å². The number of aromatic nitrogens is 2. The lowest BCUT2D eigenvalue weighted by molar-refractivity contribution is 0.383. The van der Waals surface area contributed by atoms with Gasteiger partial charge in [-0.15, -0.1) is 0 Å². The first kappa shape index (κ1) is 11.7. The molecule has 1 fully saturated rings. The van der Waals surface area contributed by atoms with Crippen LogP contribution in [0.2, 0.25) is 0 Å². The van der Waals surface area contributed by atoms with Crippen LogP contribution in [0, 0.1) is 6.92 Å². The molecule has 1 saturated heterocycles. The Morgan fingerprint density at radius 2 is 2.28 bits per heavy atom. The zero-order valence-corrected chi connectivity index (χ0v) is 11.0. The Labute approximate surface area is 108 Å². The number of hydrogen-bond donors (Lipinski definition) is 2. The number of aryl methyl sites for hydroxylation is 2. The number of fused-ring (bicyclic) bond motifs is 1. The van der Waals surface area contributed by atoms with Gasteiger partial charge in [-0.3, -0.25) is 0 Å². The van der Waals surface area contributed by atoms with Gasteiger partial charge in [0, 0.05) is 6.04 Å². The maximum absolute atomic E-state index is 4.44. The fourth-order valence-electron chi connectivity index (χ4n) is 2.85. The third kappa shape index (κ3) is 2.56. The fraction of sp³-hybridized carbons (Fsp3) is 0.533. The third-order valence-corrected chi connectivity index (χ3v) is 3.86. The van der Waals surface area contributed by atoms with Crippen molar-refractivity contribution in [3.63, 3.8) is 0 Å². The first-order chi connectivity index (χ1) is 8.81. The maximum atomic E-state index is 4.44. The highest BCUT2D eigenvalue weighted by molar-refractivity contribution is 5.75. The predicted molar refractivity (Wildman–Crippen MR) is 74.8 cm³/mol. The number of aromatic amines is 1. The normalized spacial score (nSPS) is 20.4. The first-order valence-electron chi connectivity index (χ1n) is 7.00. The van der Waals surface area contributed by atoms with Gasteiger partial charge in [-0.2, -0.15) is 0 Å². The van der Waals surface area contributed by atoms with Crippen LogP contribution in [-0.2, 0) is 6.42 Å². The lowest BCUT2D eigenvalue weighted by atomic mass is 9.98. The van der Waals surface area contributed by atoms with E-state index in [4.69, 9.17) is 0 Å². The van der Waals surface area contributed by atoms with Gasteiger partial charge >= 0.3 is 0 Å². The fourth-order valence-corrected chi connectivity index (χ4v) is 2.85.